The second-order valence-corrected chi connectivity index (χ2v) is 4.85. The average Bonchev–Trinajstić information content (AvgIpc) is 2.75. The van der Waals surface area contributed by atoms with Gasteiger partial charge < -0.3 is 10.3 Å². The molecule has 2 fully saturated rings. The van der Waals surface area contributed by atoms with Crippen LogP contribution < -0.4 is 5.73 Å². The largest absolute Gasteiger partial charge is 0.324 e. The Labute approximate surface area is 89.9 Å². The maximum absolute atomic E-state index is 5.65. The van der Waals surface area contributed by atoms with Crippen LogP contribution in [0.5, 0.6) is 0 Å². The van der Waals surface area contributed by atoms with Crippen LogP contribution in [0.1, 0.15) is 43.8 Å². The molecule has 82 valence electrons. The summed E-state index contributed by atoms with van der Waals surface area (Å²) < 4.78 is 2.20. The Balaban J connectivity index is 1.87. The Morgan fingerprint density at radius 3 is 2.60 bits per heavy atom. The van der Waals surface area contributed by atoms with E-state index >= 15 is 0 Å². The van der Waals surface area contributed by atoms with Crippen LogP contribution >= 0.6 is 0 Å². The third-order valence-electron chi connectivity index (χ3n) is 3.96. The molecule has 0 spiro atoms. The fraction of sp³-hybridized carbons (Fsp3) is 0.818. The number of rotatable bonds is 3. The van der Waals surface area contributed by atoms with E-state index in [1.807, 2.05) is 0 Å². The van der Waals surface area contributed by atoms with Crippen LogP contribution in [0.2, 0.25) is 0 Å². The molecule has 4 nitrogen and oxygen atoms in total. The summed E-state index contributed by atoms with van der Waals surface area (Å²) in [5.41, 5.74) is 5.65. The molecular weight excluding hydrogens is 188 g/mol. The fourth-order valence-corrected chi connectivity index (χ4v) is 3.07. The van der Waals surface area contributed by atoms with Crippen LogP contribution in [0.4, 0.5) is 0 Å². The molecule has 0 saturated heterocycles. The van der Waals surface area contributed by atoms with Crippen molar-refractivity contribution in [3.63, 3.8) is 0 Å². The standard InChI is InChI=1S/C11H18N4/c1-2-15-10(6-12)13-14-11(15)9-4-7-3-8(7)5-9/h7-9H,2-6,12H2,1H3. The molecule has 2 aliphatic rings. The van der Waals surface area contributed by atoms with Gasteiger partial charge in [0.05, 0.1) is 6.54 Å². The molecule has 2 unspecified atom stereocenters. The van der Waals surface area contributed by atoms with E-state index in [9.17, 15) is 0 Å². The van der Waals surface area contributed by atoms with Crippen LogP contribution in [0.3, 0.4) is 0 Å². The molecule has 15 heavy (non-hydrogen) atoms. The first-order valence-corrected chi connectivity index (χ1v) is 5.95. The summed E-state index contributed by atoms with van der Waals surface area (Å²) in [5.74, 6) is 4.77. The number of hydrogen-bond acceptors (Lipinski definition) is 3. The maximum Gasteiger partial charge on any atom is 0.146 e. The van der Waals surface area contributed by atoms with Gasteiger partial charge in [-0.3, -0.25) is 0 Å². The predicted molar refractivity (Wildman–Crippen MR) is 57.2 cm³/mol. The lowest BCUT2D eigenvalue weighted by Crippen LogP contribution is -2.12. The van der Waals surface area contributed by atoms with Crippen molar-refractivity contribution in [1.82, 2.24) is 14.8 Å². The van der Waals surface area contributed by atoms with Gasteiger partial charge in [0.1, 0.15) is 11.6 Å². The lowest BCUT2D eigenvalue weighted by atomic mass is 10.0. The normalized spacial score (nSPS) is 33.1. The third-order valence-corrected chi connectivity index (χ3v) is 3.96. The van der Waals surface area contributed by atoms with Gasteiger partial charge in [0.2, 0.25) is 0 Å². The van der Waals surface area contributed by atoms with E-state index in [-0.39, 0.29) is 0 Å². The third kappa shape index (κ3) is 1.39. The number of nitrogens with two attached hydrogens (primary N) is 1. The van der Waals surface area contributed by atoms with Crippen molar-refractivity contribution in [2.24, 2.45) is 17.6 Å². The zero-order valence-corrected chi connectivity index (χ0v) is 9.19. The number of fused-ring (bicyclic) bond motifs is 1. The maximum atomic E-state index is 5.65. The summed E-state index contributed by atoms with van der Waals surface area (Å²) in [4.78, 5) is 0. The Morgan fingerprint density at radius 2 is 2.00 bits per heavy atom. The van der Waals surface area contributed by atoms with E-state index in [1.165, 1.54) is 25.1 Å². The SMILES string of the molecule is CCn1c(CN)nnc1C1CC2CC2C1. The summed E-state index contributed by atoms with van der Waals surface area (Å²) in [7, 11) is 0. The highest BCUT2D eigenvalue weighted by Crippen LogP contribution is 2.57. The lowest BCUT2D eigenvalue weighted by molar-refractivity contribution is 0.543. The summed E-state index contributed by atoms with van der Waals surface area (Å²) in [5, 5.41) is 8.51. The molecule has 0 amide bonds. The predicted octanol–water partition coefficient (Wildman–Crippen LogP) is 1.27. The molecular formula is C11H18N4. The van der Waals surface area contributed by atoms with Crippen LogP contribution in [-0.2, 0) is 13.1 Å². The van der Waals surface area contributed by atoms with E-state index in [0.29, 0.717) is 12.5 Å². The van der Waals surface area contributed by atoms with E-state index in [2.05, 4.69) is 21.7 Å². The molecule has 3 rings (SSSR count). The van der Waals surface area contributed by atoms with Crippen molar-refractivity contribution in [3.05, 3.63) is 11.6 Å². The van der Waals surface area contributed by atoms with Crippen LogP contribution in [0.25, 0.3) is 0 Å². The Hall–Kier alpha value is -0.900. The van der Waals surface area contributed by atoms with Crippen LogP contribution in [0, 0.1) is 11.8 Å². The number of nitrogens with zero attached hydrogens (tertiary/aromatic N) is 3. The van der Waals surface area contributed by atoms with Crippen molar-refractivity contribution in [3.8, 4) is 0 Å². The fourth-order valence-electron chi connectivity index (χ4n) is 3.07. The average molecular weight is 206 g/mol. The zero-order chi connectivity index (χ0) is 10.4. The van der Waals surface area contributed by atoms with Gasteiger partial charge in [-0.1, -0.05) is 0 Å². The molecule has 0 radical (unpaired) electrons. The van der Waals surface area contributed by atoms with Crippen molar-refractivity contribution in [2.75, 3.05) is 0 Å². The highest BCUT2D eigenvalue weighted by atomic mass is 15.3. The van der Waals surface area contributed by atoms with Crippen molar-refractivity contribution in [2.45, 2.75) is 45.2 Å². The molecule has 0 aliphatic heterocycles. The van der Waals surface area contributed by atoms with Gasteiger partial charge in [0.15, 0.2) is 0 Å². The van der Waals surface area contributed by atoms with E-state index in [0.717, 1.165) is 24.2 Å². The van der Waals surface area contributed by atoms with Crippen molar-refractivity contribution < 1.29 is 0 Å². The van der Waals surface area contributed by atoms with Gasteiger partial charge in [-0.2, -0.15) is 0 Å². The molecule has 1 aromatic rings. The Bertz CT molecular complexity index is 361. The zero-order valence-electron chi connectivity index (χ0n) is 9.19. The number of aromatic nitrogens is 3. The topological polar surface area (TPSA) is 56.7 Å². The number of hydrogen-bond donors (Lipinski definition) is 1. The minimum Gasteiger partial charge on any atom is -0.324 e. The molecule has 0 aromatic carbocycles. The molecule has 2 atom stereocenters. The summed E-state index contributed by atoms with van der Waals surface area (Å²) >= 11 is 0. The smallest absolute Gasteiger partial charge is 0.146 e. The first-order chi connectivity index (χ1) is 7.33. The summed E-state index contributed by atoms with van der Waals surface area (Å²) in [6, 6.07) is 0. The first kappa shape index (κ1) is 9.33. The van der Waals surface area contributed by atoms with Gasteiger partial charge >= 0.3 is 0 Å². The van der Waals surface area contributed by atoms with Crippen LogP contribution in [-0.4, -0.2) is 14.8 Å². The first-order valence-electron chi connectivity index (χ1n) is 5.95. The van der Waals surface area contributed by atoms with Gasteiger partial charge in [0.25, 0.3) is 0 Å². The minimum atomic E-state index is 0.500. The van der Waals surface area contributed by atoms with E-state index in [4.69, 9.17) is 5.73 Å². The van der Waals surface area contributed by atoms with E-state index < -0.39 is 0 Å². The highest BCUT2D eigenvalue weighted by molar-refractivity contribution is 5.10. The highest BCUT2D eigenvalue weighted by Gasteiger charge is 2.47. The molecule has 1 heterocycles. The molecule has 4 heteroatoms. The Kier molecular flexibility index (Phi) is 2.06. The van der Waals surface area contributed by atoms with Gasteiger partial charge in [-0.05, 0) is 38.0 Å². The van der Waals surface area contributed by atoms with Gasteiger partial charge in [0, 0.05) is 12.5 Å². The molecule has 0 bridgehead atoms. The van der Waals surface area contributed by atoms with Crippen molar-refractivity contribution in [1.29, 1.82) is 0 Å². The van der Waals surface area contributed by atoms with E-state index in [1.54, 1.807) is 0 Å². The van der Waals surface area contributed by atoms with Gasteiger partial charge in [-0.15, -0.1) is 10.2 Å². The second kappa shape index (κ2) is 3.30. The van der Waals surface area contributed by atoms with Crippen molar-refractivity contribution >= 4 is 0 Å². The second-order valence-electron chi connectivity index (χ2n) is 4.85. The monoisotopic (exact) mass is 206 g/mol. The van der Waals surface area contributed by atoms with Gasteiger partial charge in [-0.25, -0.2) is 0 Å². The molecule has 2 aliphatic carbocycles. The summed E-state index contributed by atoms with van der Waals surface area (Å²) in [6.07, 6.45) is 4.11. The Morgan fingerprint density at radius 1 is 1.27 bits per heavy atom. The molecule has 1 aromatic heterocycles. The summed E-state index contributed by atoms with van der Waals surface area (Å²) in [6.45, 7) is 3.59. The quantitative estimate of drug-likeness (QED) is 0.810. The minimum absolute atomic E-state index is 0.500. The van der Waals surface area contributed by atoms with Crippen LogP contribution in [0.15, 0.2) is 0 Å². The molecule has 2 N–H and O–H groups in total. The molecule has 2 saturated carbocycles. The lowest BCUT2D eigenvalue weighted by Gasteiger charge is -2.13.